The van der Waals surface area contributed by atoms with E-state index in [4.69, 9.17) is 5.73 Å². The van der Waals surface area contributed by atoms with Crippen molar-refractivity contribution in [1.82, 2.24) is 0 Å². The van der Waals surface area contributed by atoms with Gasteiger partial charge >= 0.3 is 0 Å². The third kappa shape index (κ3) is 2.04. The fraction of sp³-hybridized carbons (Fsp3) is 0.455. The van der Waals surface area contributed by atoms with E-state index in [1.807, 2.05) is 6.92 Å². The summed E-state index contributed by atoms with van der Waals surface area (Å²) in [6.07, 6.45) is 3.82. The summed E-state index contributed by atoms with van der Waals surface area (Å²) in [7, 11) is 0. The number of benzene rings is 1. The molecular weight excluding hydrogens is 182 g/mol. The molecule has 0 heterocycles. The molecule has 72 valence electrons. The van der Waals surface area contributed by atoms with Gasteiger partial charge in [0.15, 0.2) is 0 Å². The highest BCUT2D eigenvalue weighted by atomic mass is 35.5. The second-order valence-electron chi connectivity index (χ2n) is 3.67. The average molecular weight is 198 g/mol. The lowest BCUT2D eigenvalue weighted by Gasteiger charge is -2.07. The van der Waals surface area contributed by atoms with Gasteiger partial charge in [-0.05, 0) is 42.9 Å². The Morgan fingerprint density at radius 2 is 1.92 bits per heavy atom. The van der Waals surface area contributed by atoms with Gasteiger partial charge in [0.05, 0.1) is 0 Å². The van der Waals surface area contributed by atoms with Crippen LogP contribution in [0.4, 0.5) is 0 Å². The minimum absolute atomic E-state index is 0. The number of hydrogen-bond donors (Lipinski definition) is 1. The van der Waals surface area contributed by atoms with Crippen LogP contribution in [0.3, 0.4) is 0 Å². The molecule has 2 N–H and O–H groups in total. The zero-order valence-corrected chi connectivity index (χ0v) is 8.73. The molecular formula is C11H16ClN. The summed E-state index contributed by atoms with van der Waals surface area (Å²) >= 11 is 0. The van der Waals surface area contributed by atoms with Crippen molar-refractivity contribution < 1.29 is 0 Å². The van der Waals surface area contributed by atoms with Crippen LogP contribution in [0.1, 0.15) is 36.1 Å². The summed E-state index contributed by atoms with van der Waals surface area (Å²) in [5.41, 5.74) is 10.1. The first-order valence-electron chi connectivity index (χ1n) is 4.64. The summed E-state index contributed by atoms with van der Waals surface area (Å²) in [5, 5.41) is 0. The summed E-state index contributed by atoms with van der Waals surface area (Å²) in [5.74, 6) is 0. The minimum atomic E-state index is 0. The van der Waals surface area contributed by atoms with Gasteiger partial charge in [-0.3, -0.25) is 0 Å². The van der Waals surface area contributed by atoms with Gasteiger partial charge < -0.3 is 5.73 Å². The third-order valence-corrected chi connectivity index (χ3v) is 2.65. The molecule has 13 heavy (non-hydrogen) atoms. The highest BCUT2D eigenvalue weighted by Crippen LogP contribution is 2.24. The Hall–Kier alpha value is -0.530. The van der Waals surface area contributed by atoms with Crippen LogP contribution in [0.15, 0.2) is 18.2 Å². The normalized spacial score (nSPS) is 16.2. The van der Waals surface area contributed by atoms with E-state index >= 15 is 0 Å². The van der Waals surface area contributed by atoms with E-state index in [-0.39, 0.29) is 18.4 Å². The van der Waals surface area contributed by atoms with E-state index in [0.717, 1.165) is 0 Å². The maximum atomic E-state index is 5.81. The molecule has 1 nitrogen and oxygen atoms in total. The quantitative estimate of drug-likeness (QED) is 0.736. The first-order chi connectivity index (χ1) is 5.77. The van der Waals surface area contributed by atoms with Crippen LogP contribution in [0.5, 0.6) is 0 Å². The van der Waals surface area contributed by atoms with Crippen molar-refractivity contribution in [3.63, 3.8) is 0 Å². The second-order valence-corrected chi connectivity index (χ2v) is 3.67. The van der Waals surface area contributed by atoms with Crippen LogP contribution in [-0.4, -0.2) is 0 Å². The minimum Gasteiger partial charge on any atom is -0.324 e. The Bertz CT molecular complexity index is 294. The molecule has 1 atom stereocenters. The van der Waals surface area contributed by atoms with Gasteiger partial charge in [-0.15, -0.1) is 12.4 Å². The molecule has 0 saturated carbocycles. The van der Waals surface area contributed by atoms with Crippen LogP contribution in [-0.2, 0) is 12.8 Å². The number of rotatable bonds is 1. The molecule has 1 aromatic rings. The zero-order chi connectivity index (χ0) is 8.55. The molecule has 0 radical (unpaired) electrons. The Morgan fingerprint density at radius 1 is 1.23 bits per heavy atom. The van der Waals surface area contributed by atoms with Gasteiger partial charge in [-0.25, -0.2) is 0 Å². The fourth-order valence-corrected chi connectivity index (χ4v) is 1.87. The Kier molecular flexibility index (Phi) is 3.34. The first-order valence-corrected chi connectivity index (χ1v) is 4.64. The van der Waals surface area contributed by atoms with Gasteiger partial charge in [0.1, 0.15) is 0 Å². The number of nitrogens with two attached hydrogens (primary N) is 1. The Morgan fingerprint density at radius 3 is 2.62 bits per heavy atom. The maximum Gasteiger partial charge on any atom is 0.0266 e. The predicted octanol–water partition coefficient (Wildman–Crippen LogP) is 2.62. The van der Waals surface area contributed by atoms with Crippen LogP contribution in [0, 0.1) is 0 Å². The van der Waals surface area contributed by atoms with E-state index in [1.165, 1.54) is 36.0 Å². The molecule has 0 unspecified atom stereocenters. The molecule has 1 aliphatic carbocycles. The van der Waals surface area contributed by atoms with Crippen molar-refractivity contribution in [2.24, 2.45) is 5.73 Å². The van der Waals surface area contributed by atoms with Gasteiger partial charge in [0.25, 0.3) is 0 Å². The molecule has 0 fully saturated rings. The molecule has 0 aromatic heterocycles. The van der Waals surface area contributed by atoms with Gasteiger partial charge in [0, 0.05) is 6.04 Å². The molecule has 0 aliphatic heterocycles. The highest BCUT2D eigenvalue weighted by molar-refractivity contribution is 5.85. The molecule has 1 aromatic carbocycles. The van der Waals surface area contributed by atoms with Gasteiger partial charge in [0.2, 0.25) is 0 Å². The van der Waals surface area contributed by atoms with Gasteiger partial charge in [-0.1, -0.05) is 18.2 Å². The monoisotopic (exact) mass is 197 g/mol. The molecule has 0 spiro atoms. The zero-order valence-electron chi connectivity index (χ0n) is 7.92. The summed E-state index contributed by atoms with van der Waals surface area (Å²) in [6, 6.07) is 6.85. The Balaban J connectivity index is 0.000000845. The molecule has 2 rings (SSSR count). The molecule has 0 amide bonds. The molecule has 0 bridgehead atoms. The lowest BCUT2D eigenvalue weighted by atomic mass is 10.0. The first kappa shape index (κ1) is 10.6. The van der Waals surface area contributed by atoms with Crippen molar-refractivity contribution in [2.45, 2.75) is 32.2 Å². The fourth-order valence-electron chi connectivity index (χ4n) is 1.87. The molecule has 0 saturated heterocycles. The van der Waals surface area contributed by atoms with Crippen molar-refractivity contribution in [3.05, 3.63) is 34.9 Å². The van der Waals surface area contributed by atoms with E-state index in [1.54, 1.807) is 0 Å². The number of halogens is 1. The van der Waals surface area contributed by atoms with E-state index in [9.17, 15) is 0 Å². The lowest BCUT2D eigenvalue weighted by molar-refractivity contribution is 0.815. The van der Waals surface area contributed by atoms with Crippen LogP contribution in [0.25, 0.3) is 0 Å². The van der Waals surface area contributed by atoms with Crippen LogP contribution < -0.4 is 5.73 Å². The maximum absolute atomic E-state index is 5.81. The van der Waals surface area contributed by atoms with Crippen molar-refractivity contribution in [2.75, 3.05) is 0 Å². The van der Waals surface area contributed by atoms with Crippen molar-refractivity contribution in [3.8, 4) is 0 Å². The van der Waals surface area contributed by atoms with Crippen LogP contribution in [0.2, 0.25) is 0 Å². The highest BCUT2D eigenvalue weighted by Gasteiger charge is 2.11. The van der Waals surface area contributed by atoms with E-state index < -0.39 is 0 Å². The van der Waals surface area contributed by atoms with Crippen molar-refractivity contribution in [1.29, 1.82) is 0 Å². The largest absolute Gasteiger partial charge is 0.324 e. The predicted molar refractivity (Wildman–Crippen MR) is 58.3 cm³/mol. The SMILES string of the molecule is C[C@H](N)c1ccc2c(c1)CCC2.Cl. The topological polar surface area (TPSA) is 26.0 Å². The Labute approximate surface area is 85.7 Å². The number of aryl methyl sites for hydroxylation is 2. The smallest absolute Gasteiger partial charge is 0.0266 e. The number of hydrogen-bond acceptors (Lipinski definition) is 1. The van der Waals surface area contributed by atoms with Crippen molar-refractivity contribution >= 4 is 12.4 Å². The van der Waals surface area contributed by atoms with Gasteiger partial charge in [-0.2, -0.15) is 0 Å². The summed E-state index contributed by atoms with van der Waals surface area (Å²) < 4.78 is 0. The lowest BCUT2D eigenvalue weighted by Crippen LogP contribution is -2.05. The number of fused-ring (bicyclic) bond motifs is 1. The second kappa shape index (κ2) is 4.12. The molecule has 1 aliphatic rings. The van der Waals surface area contributed by atoms with E-state index in [2.05, 4.69) is 18.2 Å². The summed E-state index contributed by atoms with van der Waals surface area (Å²) in [4.78, 5) is 0. The standard InChI is InChI=1S/C11H15N.ClH/c1-8(12)10-6-5-9-3-2-4-11(9)7-10;/h5-8H,2-4,12H2,1H3;1H/t8-;/m0./s1. The third-order valence-electron chi connectivity index (χ3n) is 2.65. The molecule has 2 heteroatoms. The van der Waals surface area contributed by atoms with Crippen LogP contribution >= 0.6 is 12.4 Å². The summed E-state index contributed by atoms with van der Waals surface area (Å²) in [6.45, 7) is 2.04. The average Bonchev–Trinajstić information content (AvgIpc) is 2.49. The van der Waals surface area contributed by atoms with E-state index in [0.29, 0.717) is 0 Å².